The minimum atomic E-state index is -1.88. The van der Waals surface area contributed by atoms with Crippen LogP contribution >= 0.6 is 0 Å². The highest BCUT2D eigenvalue weighted by Gasteiger charge is 2.30. The molecule has 1 aliphatic rings. The first kappa shape index (κ1) is 33.6. The maximum Gasteiger partial charge on any atom is 0.320 e. The number of carboxylic acid groups (broad SMARTS) is 4. The number of β-amino-alcohol motifs (C(OH)–C–C–N with tert-alkyl or cyclic N) is 2. The van der Waals surface area contributed by atoms with Gasteiger partial charge in [-0.05, 0) is 12.8 Å². The van der Waals surface area contributed by atoms with E-state index in [0.29, 0.717) is 0 Å². The molecule has 8 N–H and O–H groups in total. The SMILES string of the molecule is O=C(O)CCC(C(=O)O)N1CCN(CC(=O)O)CCN(C(CCC(=O)O)C(O)O)CCN(CC(O)O)CC1. The molecule has 2 unspecified atom stereocenters. The Morgan fingerprint density at radius 2 is 1.08 bits per heavy atom. The van der Waals surface area contributed by atoms with E-state index in [4.69, 9.17) is 10.2 Å². The first-order chi connectivity index (χ1) is 17.8. The summed E-state index contributed by atoms with van der Waals surface area (Å²) in [6, 6.07) is -2.14. The summed E-state index contributed by atoms with van der Waals surface area (Å²) in [5.74, 6) is -4.66. The standard InChI is InChI=1S/C22H40N4O12/c27-17(28)3-1-15(21(35)36)25-9-5-23(13-19(31)32)7-11-26(16(22(37)38)2-4-18(29)30)12-8-24(6-10-25)14-20(33)34/h15-16,19,21,31-32,35-36H,1-14H2,(H,27,28)(H,29,30)(H,33,34)(H,37,38). The maximum absolute atomic E-state index is 12.0. The number of aliphatic hydroxyl groups is 4. The van der Waals surface area contributed by atoms with E-state index in [0.717, 1.165) is 0 Å². The summed E-state index contributed by atoms with van der Waals surface area (Å²) in [7, 11) is 0. The third kappa shape index (κ3) is 13.4. The molecular weight excluding hydrogens is 512 g/mol. The van der Waals surface area contributed by atoms with Crippen molar-refractivity contribution in [2.45, 2.75) is 50.3 Å². The zero-order valence-electron chi connectivity index (χ0n) is 21.2. The first-order valence-electron chi connectivity index (χ1n) is 12.3. The summed E-state index contributed by atoms with van der Waals surface area (Å²) < 4.78 is 0. The van der Waals surface area contributed by atoms with Crippen molar-refractivity contribution in [3.05, 3.63) is 0 Å². The molecule has 0 aromatic heterocycles. The Hall–Kier alpha value is -2.44. The van der Waals surface area contributed by atoms with Crippen LogP contribution in [0.15, 0.2) is 0 Å². The van der Waals surface area contributed by atoms with Crippen LogP contribution in [-0.4, -0.2) is 174 Å². The Kier molecular flexibility index (Phi) is 15.2. The van der Waals surface area contributed by atoms with E-state index in [1.807, 2.05) is 0 Å². The van der Waals surface area contributed by atoms with Gasteiger partial charge >= 0.3 is 23.9 Å². The van der Waals surface area contributed by atoms with Gasteiger partial charge in [0, 0.05) is 71.7 Å². The van der Waals surface area contributed by atoms with Gasteiger partial charge in [0.25, 0.3) is 0 Å². The Morgan fingerprint density at radius 1 is 0.605 bits per heavy atom. The fourth-order valence-corrected chi connectivity index (χ4v) is 4.45. The predicted octanol–water partition coefficient (Wildman–Crippen LogP) is -3.53. The van der Waals surface area contributed by atoms with Crippen molar-refractivity contribution in [1.29, 1.82) is 0 Å². The van der Waals surface area contributed by atoms with Crippen LogP contribution in [-0.2, 0) is 19.2 Å². The van der Waals surface area contributed by atoms with Crippen LogP contribution in [0.5, 0.6) is 0 Å². The van der Waals surface area contributed by atoms with Gasteiger partial charge in [-0.2, -0.15) is 0 Å². The lowest BCUT2D eigenvalue weighted by Crippen LogP contribution is -2.54. The van der Waals surface area contributed by atoms with Crippen LogP contribution in [0.25, 0.3) is 0 Å². The van der Waals surface area contributed by atoms with E-state index in [-0.39, 0.29) is 84.6 Å². The first-order valence-corrected chi connectivity index (χ1v) is 12.3. The lowest BCUT2D eigenvalue weighted by atomic mass is 10.1. The highest BCUT2D eigenvalue weighted by molar-refractivity contribution is 5.75. The molecule has 1 aliphatic heterocycles. The van der Waals surface area contributed by atoms with Crippen LogP contribution in [0.2, 0.25) is 0 Å². The van der Waals surface area contributed by atoms with E-state index in [2.05, 4.69) is 0 Å². The number of aliphatic carboxylic acids is 4. The van der Waals surface area contributed by atoms with Gasteiger partial charge in [0.1, 0.15) is 6.04 Å². The van der Waals surface area contributed by atoms with E-state index < -0.39 is 55.1 Å². The van der Waals surface area contributed by atoms with Gasteiger partial charge in [0.2, 0.25) is 0 Å². The van der Waals surface area contributed by atoms with E-state index in [9.17, 15) is 49.8 Å². The van der Waals surface area contributed by atoms with Crippen molar-refractivity contribution in [1.82, 2.24) is 19.6 Å². The number of hydrogen-bond acceptors (Lipinski definition) is 12. The second kappa shape index (κ2) is 17.2. The third-order valence-electron chi connectivity index (χ3n) is 6.42. The van der Waals surface area contributed by atoms with E-state index in [1.165, 1.54) is 9.80 Å². The van der Waals surface area contributed by atoms with Crippen molar-refractivity contribution in [2.75, 3.05) is 65.4 Å². The maximum atomic E-state index is 12.0. The van der Waals surface area contributed by atoms with Crippen molar-refractivity contribution < 1.29 is 60.0 Å². The molecule has 0 bridgehead atoms. The van der Waals surface area contributed by atoms with Crippen molar-refractivity contribution >= 4 is 23.9 Å². The third-order valence-corrected chi connectivity index (χ3v) is 6.42. The summed E-state index contributed by atoms with van der Waals surface area (Å²) in [5, 5.41) is 76.2. The molecule has 1 heterocycles. The lowest BCUT2D eigenvalue weighted by Gasteiger charge is -2.38. The molecule has 16 nitrogen and oxygen atoms in total. The van der Waals surface area contributed by atoms with Crippen LogP contribution in [0.3, 0.4) is 0 Å². The summed E-state index contributed by atoms with van der Waals surface area (Å²) in [6.45, 7) is 0.339. The average Bonchev–Trinajstić information content (AvgIpc) is 2.78. The van der Waals surface area contributed by atoms with Crippen LogP contribution in [0, 0.1) is 0 Å². The van der Waals surface area contributed by atoms with Gasteiger partial charge in [-0.1, -0.05) is 0 Å². The topological polar surface area (TPSA) is 243 Å². The normalized spacial score (nSPS) is 19.5. The smallest absolute Gasteiger partial charge is 0.320 e. The number of hydrogen-bond donors (Lipinski definition) is 8. The molecule has 1 rings (SSSR count). The number of rotatable bonds is 14. The monoisotopic (exact) mass is 552 g/mol. The molecule has 0 aromatic rings. The summed E-state index contributed by atoms with van der Waals surface area (Å²) >= 11 is 0. The van der Waals surface area contributed by atoms with Crippen LogP contribution < -0.4 is 0 Å². The highest BCUT2D eigenvalue weighted by Crippen LogP contribution is 2.14. The lowest BCUT2D eigenvalue weighted by molar-refractivity contribution is -0.145. The fourth-order valence-electron chi connectivity index (χ4n) is 4.45. The Balaban J connectivity index is 3.24. The molecule has 0 saturated carbocycles. The van der Waals surface area contributed by atoms with E-state index >= 15 is 0 Å². The van der Waals surface area contributed by atoms with Crippen molar-refractivity contribution in [3.63, 3.8) is 0 Å². The van der Waals surface area contributed by atoms with Gasteiger partial charge < -0.3 is 40.9 Å². The van der Waals surface area contributed by atoms with Crippen LogP contribution in [0.1, 0.15) is 25.7 Å². The Labute approximate surface area is 219 Å². The molecule has 0 aliphatic carbocycles. The zero-order valence-corrected chi connectivity index (χ0v) is 21.2. The molecule has 220 valence electrons. The fraction of sp³-hybridized carbons (Fsp3) is 0.818. The molecule has 1 saturated heterocycles. The second-order valence-corrected chi connectivity index (χ2v) is 9.22. The molecule has 0 amide bonds. The Morgan fingerprint density at radius 3 is 1.50 bits per heavy atom. The minimum absolute atomic E-state index is 0.0739. The molecule has 2 atom stereocenters. The molecular formula is C22H40N4O12. The number of aliphatic hydroxyl groups excluding tert-OH is 2. The molecule has 0 aromatic carbocycles. The molecule has 0 spiro atoms. The minimum Gasteiger partial charge on any atom is -0.481 e. The van der Waals surface area contributed by atoms with Gasteiger partial charge in [-0.15, -0.1) is 0 Å². The average molecular weight is 553 g/mol. The quantitative estimate of drug-likeness (QED) is 0.0973. The van der Waals surface area contributed by atoms with E-state index in [1.54, 1.807) is 9.80 Å². The molecule has 0 radical (unpaired) electrons. The highest BCUT2D eigenvalue weighted by atomic mass is 16.5. The van der Waals surface area contributed by atoms with Gasteiger partial charge in [-0.25, -0.2) is 0 Å². The van der Waals surface area contributed by atoms with Crippen molar-refractivity contribution in [2.24, 2.45) is 0 Å². The zero-order chi connectivity index (χ0) is 28.8. The van der Waals surface area contributed by atoms with Crippen molar-refractivity contribution in [3.8, 4) is 0 Å². The second-order valence-electron chi connectivity index (χ2n) is 9.22. The molecule has 38 heavy (non-hydrogen) atoms. The van der Waals surface area contributed by atoms with Gasteiger partial charge in [0.15, 0.2) is 12.6 Å². The molecule has 1 fully saturated rings. The van der Waals surface area contributed by atoms with Gasteiger partial charge in [0.05, 0.1) is 12.6 Å². The summed E-state index contributed by atoms with van der Waals surface area (Å²) in [4.78, 5) is 51.9. The number of carboxylic acids is 4. The number of carbonyl (C=O) groups is 4. The summed E-state index contributed by atoms with van der Waals surface area (Å²) in [6.07, 6.45) is -4.59. The predicted molar refractivity (Wildman–Crippen MR) is 129 cm³/mol. The van der Waals surface area contributed by atoms with Crippen LogP contribution in [0.4, 0.5) is 0 Å². The van der Waals surface area contributed by atoms with Gasteiger partial charge in [-0.3, -0.25) is 38.8 Å². The number of nitrogens with zero attached hydrogens (tertiary/aromatic N) is 4. The molecule has 16 heteroatoms. The summed E-state index contributed by atoms with van der Waals surface area (Å²) in [5.41, 5.74) is 0. The largest absolute Gasteiger partial charge is 0.481 e. The Bertz CT molecular complexity index is 769.